The van der Waals surface area contributed by atoms with Gasteiger partial charge in [0.05, 0.1) is 22.6 Å². The highest BCUT2D eigenvalue weighted by Gasteiger charge is 2.46. The lowest BCUT2D eigenvalue weighted by Gasteiger charge is -2.40. The van der Waals surface area contributed by atoms with E-state index in [9.17, 15) is 37.5 Å². The highest BCUT2D eigenvalue weighted by Crippen LogP contribution is 2.37. The quantitative estimate of drug-likeness (QED) is 0.549. The molecule has 1 fully saturated rings. The molecule has 4 rings (SSSR count). The van der Waals surface area contributed by atoms with Crippen molar-refractivity contribution in [1.29, 1.82) is 0 Å². The number of aromatic nitrogens is 2. The zero-order chi connectivity index (χ0) is 26.7. The fraction of sp³-hybridized carbons (Fsp3) is 0.333. The molecule has 1 N–H and O–H groups in total. The molecule has 2 heterocycles. The Morgan fingerprint density at radius 3 is 2.31 bits per heavy atom. The molecule has 0 radical (unpaired) electrons. The fourth-order valence-corrected chi connectivity index (χ4v) is 4.70. The molecule has 3 amide bonds. The van der Waals surface area contributed by atoms with Crippen molar-refractivity contribution in [2.45, 2.75) is 26.1 Å². The number of alkyl halides is 3. The molecule has 1 aromatic heterocycles. The number of nitrogens with zero attached hydrogens (tertiary/aromatic N) is 4. The van der Waals surface area contributed by atoms with Crippen LogP contribution in [0.25, 0.3) is 11.0 Å². The van der Waals surface area contributed by atoms with Gasteiger partial charge >= 0.3 is 23.9 Å². The van der Waals surface area contributed by atoms with Gasteiger partial charge in [-0.25, -0.2) is 9.59 Å². The summed E-state index contributed by atoms with van der Waals surface area (Å²) in [5.74, 6) is -4.11. The number of urea groups is 1. The third kappa shape index (κ3) is 3.82. The van der Waals surface area contributed by atoms with Crippen LogP contribution in [0.5, 0.6) is 0 Å². The zero-order valence-corrected chi connectivity index (χ0v) is 19.8. The van der Waals surface area contributed by atoms with E-state index in [0.717, 1.165) is 11.0 Å². The summed E-state index contributed by atoms with van der Waals surface area (Å²) in [5.41, 5.74) is -0.0188. The average molecular weight is 504 g/mol. The van der Waals surface area contributed by atoms with Gasteiger partial charge in [-0.1, -0.05) is 12.1 Å². The number of fused-ring (bicyclic) bond motifs is 1. The summed E-state index contributed by atoms with van der Waals surface area (Å²) in [5, 5.41) is 9.71. The first-order chi connectivity index (χ1) is 16.8. The molecule has 12 heteroatoms. The van der Waals surface area contributed by atoms with E-state index in [1.54, 1.807) is 20.2 Å². The van der Waals surface area contributed by atoms with Gasteiger partial charge in [0, 0.05) is 26.3 Å². The van der Waals surface area contributed by atoms with Crippen molar-refractivity contribution in [3.8, 4) is 0 Å². The van der Waals surface area contributed by atoms with Gasteiger partial charge in [-0.3, -0.25) is 28.5 Å². The van der Waals surface area contributed by atoms with Gasteiger partial charge in [0.25, 0.3) is 0 Å². The van der Waals surface area contributed by atoms with Crippen molar-refractivity contribution in [1.82, 2.24) is 14.0 Å². The third-order valence-corrected chi connectivity index (χ3v) is 6.72. The Balaban J connectivity index is 1.82. The van der Waals surface area contributed by atoms with E-state index < -0.39 is 48.2 Å². The average Bonchev–Trinajstić information content (AvgIpc) is 3.01. The van der Waals surface area contributed by atoms with Gasteiger partial charge in [-0.2, -0.15) is 13.2 Å². The Morgan fingerprint density at radius 1 is 1.06 bits per heavy atom. The molecule has 36 heavy (non-hydrogen) atoms. The Kier molecular flexibility index (Phi) is 5.93. The van der Waals surface area contributed by atoms with E-state index in [1.807, 2.05) is 0 Å². The van der Waals surface area contributed by atoms with Crippen LogP contribution in [0.1, 0.15) is 29.7 Å². The van der Waals surface area contributed by atoms with Crippen LogP contribution in [0, 0.1) is 12.8 Å². The minimum Gasteiger partial charge on any atom is -0.481 e. The smallest absolute Gasteiger partial charge is 0.416 e. The predicted molar refractivity (Wildman–Crippen MR) is 123 cm³/mol. The first-order valence-electron chi connectivity index (χ1n) is 10.9. The summed E-state index contributed by atoms with van der Waals surface area (Å²) >= 11 is 0. The summed E-state index contributed by atoms with van der Waals surface area (Å²) in [6.07, 6.45) is -4.65. The van der Waals surface area contributed by atoms with E-state index >= 15 is 0 Å². The molecule has 2 atom stereocenters. The molecule has 2 unspecified atom stereocenters. The normalized spacial score (nSPS) is 17.7. The SMILES string of the molecule is Cc1c(C(C)N2C(=O)C(C(=O)O)CN(c3ccc4c(c3)n(C)c(=O)n4C)C2=O)cccc1C(F)(F)F. The van der Waals surface area contributed by atoms with Gasteiger partial charge in [0.1, 0.15) is 0 Å². The maximum absolute atomic E-state index is 13.5. The number of hydrogen-bond donors (Lipinski definition) is 1. The Morgan fingerprint density at radius 2 is 1.69 bits per heavy atom. The van der Waals surface area contributed by atoms with E-state index in [0.29, 0.717) is 15.9 Å². The molecule has 2 aromatic carbocycles. The number of carboxylic acid groups (broad SMARTS) is 1. The standard InChI is InChI=1S/C24H23F3N4O5/c1-12-15(6-5-7-17(12)24(25,26)27)13(2)31-20(32)16(21(33)34)11-30(23(31)36)14-8-9-18-19(10-14)29(4)22(35)28(18)3/h5-10,13,16H,11H2,1-4H3,(H,33,34). The summed E-state index contributed by atoms with van der Waals surface area (Å²) in [6.45, 7) is 2.15. The number of halogens is 3. The number of carbonyl (C=O) groups excluding carboxylic acids is 2. The topological polar surface area (TPSA) is 105 Å². The van der Waals surface area contributed by atoms with Crippen molar-refractivity contribution in [3.05, 3.63) is 63.6 Å². The minimum absolute atomic E-state index is 0.0680. The lowest BCUT2D eigenvalue weighted by Crippen LogP contribution is -2.59. The van der Waals surface area contributed by atoms with Crippen LogP contribution in [0.15, 0.2) is 41.2 Å². The first kappa shape index (κ1) is 25.0. The van der Waals surface area contributed by atoms with Crippen molar-refractivity contribution >= 4 is 34.6 Å². The van der Waals surface area contributed by atoms with E-state index in [1.165, 1.54) is 47.2 Å². The molecule has 0 saturated carbocycles. The predicted octanol–water partition coefficient (Wildman–Crippen LogP) is 3.43. The number of imidazole rings is 1. The minimum atomic E-state index is -4.65. The highest BCUT2D eigenvalue weighted by molar-refractivity contribution is 6.12. The van der Waals surface area contributed by atoms with Gasteiger partial charge in [-0.05, 0) is 49.2 Å². The van der Waals surface area contributed by atoms with Gasteiger partial charge in [0.2, 0.25) is 5.91 Å². The number of benzene rings is 2. The number of aryl methyl sites for hydroxylation is 2. The molecule has 1 saturated heterocycles. The van der Waals surface area contributed by atoms with Crippen molar-refractivity contribution in [2.75, 3.05) is 11.4 Å². The van der Waals surface area contributed by atoms with Gasteiger partial charge in [0.15, 0.2) is 5.92 Å². The van der Waals surface area contributed by atoms with Crippen LogP contribution in [0.2, 0.25) is 0 Å². The van der Waals surface area contributed by atoms with Crippen LogP contribution in [0.4, 0.5) is 23.7 Å². The highest BCUT2D eigenvalue weighted by atomic mass is 19.4. The summed E-state index contributed by atoms with van der Waals surface area (Å²) < 4.78 is 43.2. The molecule has 0 aliphatic carbocycles. The van der Waals surface area contributed by atoms with E-state index in [-0.39, 0.29) is 22.5 Å². The molecule has 0 spiro atoms. The number of carbonyl (C=O) groups is 3. The summed E-state index contributed by atoms with van der Waals surface area (Å²) in [4.78, 5) is 52.7. The number of amides is 3. The molecule has 1 aliphatic heterocycles. The summed E-state index contributed by atoms with van der Waals surface area (Å²) in [7, 11) is 3.12. The maximum Gasteiger partial charge on any atom is 0.416 e. The second-order valence-electron chi connectivity index (χ2n) is 8.76. The number of carboxylic acids is 1. The number of rotatable bonds is 4. The van der Waals surface area contributed by atoms with Crippen molar-refractivity contribution in [2.24, 2.45) is 20.0 Å². The maximum atomic E-state index is 13.5. The van der Waals surface area contributed by atoms with Crippen molar-refractivity contribution < 1.29 is 32.7 Å². The molecular formula is C24H23F3N4O5. The fourth-order valence-electron chi connectivity index (χ4n) is 4.70. The van der Waals surface area contributed by atoms with E-state index in [4.69, 9.17) is 0 Å². The lowest BCUT2D eigenvalue weighted by molar-refractivity contribution is -0.150. The molecule has 3 aromatic rings. The third-order valence-electron chi connectivity index (χ3n) is 6.72. The van der Waals surface area contributed by atoms with Crippen LogP contribution in [0.3, 0.4) is 0 Å². The number of imide groups is 1. The monoisotopic (exact) mass is 504 g/mol. The zero-order valence-electron chi connectivity index (χ0n) is 19.8. The largest absolute Gasteiger partial charge is 0.481 e. The molecule has 9 nitrogen and oxygen atoms in total. The Bertz CT molecular complexity index is 1470. The summed E-state index contributed by atoms with van der Waals surface area (Å²) in [6, 6.07) is 6.04. The second kappa shape index (κ2) is 8.54. The lowest BCUT2D eigenvalue weighted by atomic mass is 9.94. The molecular weight excluding hydrogens is 481 g/mol. The van der Waals surface area contributed by atoms with Gasteiger partial charge < -0.3 is 5.11 Å². The van der Waals surface area contributed by atoms with Crippen LogP contribution in [-0.4, -0.2) is 43.6 Å². The van der Waals surface area contributed by atoms with Gasteiger partial charge in [-0.15, -0.1) is 0 Å². The van der Waals surface area contributed by atoms with E-state index in [2.05, 4.69) is 0 Å². The first-order valence-corrected chi connectivity index (χ1v) is 10.9. The number of hydrogen-bond acceptors (Lipinski definition) is 4. The molecule has 0 bridgehead atoms. The molecule has 190 valence electrons. The van der Waals surface area contributed by atoms with Crippen LogP contribution in [-0.2, 0) is 29.9 Å². The van der Waals surface area contributed by atoms with Crippen LogP contribution < -0.4 is 10.6 Å². The van der Waals surface area contributed by atoms with Crippen molar-refractivity contribution in [3.63, 3.8) is 0 Å². The Labute approximate surface area is 202 Å². The number of aliphatic carboxylic acids is 1. The number of anilines is 1. The van der Waals surface area contributed by atoms with Crippen LogP contribution >= 0.6 is 0 Å². The molecule has 1 aliphatic rings. The Hall–Kier alpha value is -4.09. The second-order valence-corrected chi connectivity index (χ2v) is 8.76.